The molecule has 0 unspecified atom stereocenters. The summed E-state index contributed by atoms with van der Waals surface area (Å²) in [4.78, 5) is 0. The van der Waals surface area contributed by atoms with Crippen molar-refractivity contribution in [1.29, 1.82) is 5.26 Å². The molecule has 1 nitrogen and oxygen atoms in total. The summed E-state index contributed by atoms with van der Waals surface area (Å²) in [6.07, 6.45) is 1.71. The fourth-order valence-corrected chi connectivity index (χ4v) is 1.10. The van der Waals surface area contributed by atoms with Crippen LogP contribution in [0.15, 0.2) is 18.7 Å². The van der Waals surface area contributed by atoms with E-state index in [-0.39, 0.29) is 0 Å². The average molecular weight is 157 g/mol. The largest absolute Gasteiger partial charge is 0.192 e. The summed E-state index contributed by atoms with van der Waals surface area (Å²) in [5, 5.41) is 8.77. The molecule has 0 fully saturated rings. The molecule has 1 rings (SSSR count). The van der Waals surface area contributed by atoms with E-state index >= 15 is 0 Å². The Balaban J connectivity index is 3.41. The SMILES string of the molecule is C=Cc1cc(C)c(C)cc1C#N. The highest BCUT2D eigenvalue weighted by atomic mass is 14.2. The molecule has 1 aromatic rings. The van der Waals surface area contributed by atoms with Crippen molar-refractivity contribution in [1.82, 2.24) is 0 Å². The lowest BCUT2D eigenvalue weighted by atomic mass is 10.0. The lowest BCUT2D eigenvalue weighted by molar-refractivity contribution is 1.31. The molecule has 0 atom stereocenters. The minimum Gasteiger partial charge on any atom is -0.192 e. The first kappa shape index (κ1) is 8.55. The monoisotopic (exact) mass is 157 g/mol. The van der Waals surface area contributed by atoms with E-state index in [0.717, 1.165) is 11.1 Å². The van der Waals surface area contributed by atoms with E-state index in [0.29, 0.717) is 5.56 Å². The lowest BCUT2D eigenvalue weighted by Crippen LogP contribution is -1.87. The van der Waals surface area contributed by atoms with Crippen LogP contribution in [0.4, 0.5) is 0 Å². The molecule has 0 bridgehead atoms. The third-order valence-electron chi connectivity index (χ3n) is 2.01. The highest BCUT2D eigenvalue weighted by Crippen LogP contribution is 2.15. The van der Waals surface area contributed by atoms with Crippen molar-refractivity contribution < 1.29 is 0 Å². The predicted octanol–water partition coefficient (Wildman–Crippen LogP) is 2.82. The van der Waals surface area contributed by atoms with Gasteiger partial charge in [0.15, 0.2) is 0 Å². The van der Waals surface area contributed by atoms with Gasteiger partial charge in [0.2, 0.25) is 0 Å². The van der Waals surface area contributed by atoms with Gasteiger partial charge in [0.05, 0.1) is 11.6 Å². The van der Waals surface area contributed by atoms with E-state index in [2.05, 4.69) is 12.6 Å². The summed E-state index contributed by atoms with van der Waals surface area (Å²) in [7, 11) is 0. The van der Waals surface area contributed by atoms with Gasteiger partial charge in [-0.1, -0.05) is 18.7 Å². The Morgan fingerprint density at radius 2 is 1.92 bits per heavy atom. The molecule has 0 radical (unpaired) electrons. The molecule has 1 aromatic carbocycles. The topological polar surface area (TPSA) is 23.8 Å². The Labute approximate surface area is 73.0 Å². The molecule has 0 aliphatic rings. The molecule has 12 heavy (non-hydrogen) atoms. The summed E-state index contributed by atoms with van der Waals surface area (Å²) in [5.74, 6) is 0. The number of nitrogens with zero attached hydrogens (tertiary/aromatic N) is 1. The number of benzene rings is 1. The summed E-state index contributed by atoms with van der Waals surface area (Å²) in [6, 6.07) is 6.03. The second-order valence-corrected chi connectivity index (χ2v) is 2.84. The highest BCUT2D eigenvalue weighted by molar-refractivity contribution is 5.58. The van der Waals surface area contributed by atoms with Crippen molar-refractivity contribution in [2.45, 2.75) is 13.8 Å². The maximum Gasteiger partial charge on any atom is 0.0998 e. The van der Waals surface area contributed by atoms with Crippen LogP contribution in [-0.2, 0) is 0 Å². The van der Waals surface area contributed by atoms with Gasteiger partial charge in [-0.3, -0.25) is 0 Å². The number of aryl methyl sites for hydroxylation is 2. The fourth-order valence-electron chi connectivity index (χ4n) is 1.10. The van der Waals surface area contributed by atoms with Crippen LogP contribution in [0.5, 0.6) is 0 Å². The Morgan fingerprint density at radius 3 is 2.42 bits per heavy atom. The fraction of sp³-hybridized carbons (Fsp3) is 0.182. The first-order chi connectivity index (χ1) is 5.69. The van der Waals surface area contributed by atoms with Crippen molar-refractivity contribution in [3.8, 4) is 6.07 Å². The highest BCUT2D eigenvalue weighted by Gasteiger charge is 2.00. The van der Waals surface area contributed by atoms with Crippen molar-refractivity contribution in [3.05, 3.63) is 41.0 Å². The number of nitriles is 1. The molecular weight excluding hydrogens is 146 g/mol. The van der Waals surface area contributed by atoms with E-state index in [1.807, 2.05) is 26.0 Å². The summed E-state index contributed by atoms with van der Waals surface area (Å²) in [5.41, 5.74) is 3.97. The molecule has 0 saturated heterocycles. The van der Waals surface area contributed by atoms with Crippen LogP contribution in [-0.4, -0.2) is 0 Å². The van der Waals surface area contributed by atoms with Gasteiger partial charge in [-0.25, -0.2) is 0 Å². The third kappa shape index (κ3) is 1.38. The predicted molar refractivity (Wildman–Crippen MR) is 50.7 cm³/mol. The van der Waals surface area contributed by atoms with Crippen LogP contribution >= 0.6 is 0 Å². The Kier molecular flexibility index (Phi) is 2.30. The molecule has 0 aromatic heterocycles. The summed E-state index contributed by atoms with van der Waals surface area (Å²) >= 11 is 0. The molecule has 0 amide bonds. The maximum absolute atomic E-state index is 8.77. The molecule has 0 saturated carbocycles. The third-order valence-corrected chi connectivity index (χ3v) is 2.01. The van der Waals surface area contributed by atoms with E-state index in [1.165, 1.54) is 5.56 Å². The van der Waals surface area contributed by atoms with Gasteiger partial charge >= 0.3 is 0 Å². The smallest absolute Gasteiger partial charge is 0.0998 e. The van der Waals surface area contributed by atoms with Gasteiger partial charge < -0.3 is 0 Å². The average Bonchev–Trinajstić information content (AvgIpc) is 2.09. The van der Waals surface area contributed by atoms with Gasteiger partial charge in [-0.2, -0.15) is 5.26 Å². The molecule has 0 aliphatic heterocycles. The second-order valence-electron chi connectivity index (χ2n) is 2.84. The van der Waals surface area contributed by atoms with Gasteiger partial charge in [-0.05, 0) is 36.6 Å². The van der Waals surface area contributed by atoms with E-state index in [9.17, 15) is 0 Å². The molecule has 1 heteroatoms. The van der Waals surface area contributed by atoms with Crippen LogP contribution in [0.2, 0.25) is 0 Å². The first-order valence-corrected chi connectivity index (χ1v) is 3.83. The standard InChI is InChI=1S/C11H11N/c1-4-10-5-8(2)9(3)6-11(10)7-12/h4-6H,1H2,2-3H3. The number of hydrogen-bond donors (Lipinski definition) is 0. The Bertz CT molecular complexity index is 356. The molecule has 0 spiro atoms. The van der Waals surface area contributed by atoms with Gasteiger partial charge in [-0.15, -0.1) is 0 Å². The Morgan fingerprint density at radius 1 is 1.33 bits per heavy atom. The van der Waals surface area contributed by atoms with E-state index in [4.69, 9.17) is 5.26 Å². The van der Waals surface area contributed by atoms with Crippen LogP contribution < -0.4 is 0 Å². The number of rotatable bonds is 1. The summed E-state index contributed by atoms with van der Waals surface area (Å²) < 4.78 is 0. The minimum absolute atomic E-state index is 0.702. The number of hydrogen-bond acceptors (Lipinski definition) is 1. The van der Waals surface area contributed by atoms with Gasteiger partial charge in [0, 0.05) is 0 Å². The molecule has 0 aliphatic carbocycles. The zero-order valence-corrected chi connectivity index (χ0v) is 7.39. The van der Waals surface area contributed by atoms with Crippen molar-refractivity contribution in [3.63, 3.8) is 0 Å². The van der Waals surface area contributed by atoms with Gasteiger partial charge in [0.1, 0.15) is 0 Å². The minimum atomic E-state index is 0.702. The molecule has 0 N–H and O–H groups in total. The lowest BCUT2D eigenvalue weighted by Gasteiger charge is -2.03. The second kappa shape index (κ2) is 3.23. The maximum atomic E-state index is 8.77. The van der Waals surface area contributed by atoms with E-state index < -0.39 is 0 Å². The molecular formula is C11H11N. The van der Waals surface area contributed by atoms with Crippen molar-refractivity contribution in [2.24, 2.45) is 0 Å². The van der Waals surface area contributed by atoms with Crippen LogP contribution in [0.1, 0.15) is 22.3 Å². The quantitative estimate of drug-likeness (QED) is 0.615. The van der Waals surface area contributed by atoms with E-state index in [1.54, 1.807) is 6.08 Å². The van der Waals surface area contributed by atoms with Crippen molar-refractivity contribution >= 4 is 6.08 Å². The van der Waals surface area contributed by atoms with Crippen LogP contribution in [0.25, 0.3) is 6.08 Å². The summed E-state index contributed by atoms with van der Waals surface area (Å²) in [6.45, 7) is 7.69. The first-order valence-electron chi connectivity index (χ1n) is 3.83. The zero-order chi connectivity index (χ0) is 9.14. The van der Waals surface area contributed by atoms with Gasteiger partial charge in [0.25, 0.3) is 0 Å². The van der Waals surface area contributed by atoms with Crippen molar-refractivity contribution in [2.75, 3.05) is 0 Å². The Hall–Kier alpha value is -1.55. The van der Waals surface area contributed by atoms with Crippen LogP contribution in [0, 0.1) is 25.2 Å². The molecule has 0 heterocycles. The zero-order valence-electron chi connectivity index (χ0n) is 7.39. The molecule has 60 valence electrons. The normalized spacial score (nSPS) is 9.08. The van der Waals surface area contributed by atoms with Crippen LogP contribution in [0.3, 0.4) is 0 Å².